The highest BCUT2D eigenvalue weighted by atomic mass is 32.1. The standard InChI is InChI=1S/C3H10B2S/c4-2-1-3-5-6/h5-6H,1-4H2. The summed E-state index contributed by atoms with van der Waals surface area (Å²) in [7, 11) is 2.20. The first kappa shape index (κ1) is 6.48. The van der Waals surface area contributed by atoms with Crippen LogP contribution in [0.5, 0.6) is 0 Å². The summed E-state index contributed by atoms with van der Waals surface area (Å²) >= 11 is 4.05. The molecular weight excluding hydrogens is 89.7 g/mol. The van der Waals surface area contributed by atoms with E-state index < -0.39 is 0 Å². The van der Waals surface area contributed by atoms with Gasteiger partial charge in [-0.05, 0) is 0 Å². The van der Waals surface area contributed by atoms with Crippen LogP contribution in [0.2, 0.25) is 12.6 Å². The lowest BCUT2D eigenvalue weighted by Gasteiger charge is -1.83. The van der Waals surface area contributed by atoms with Crippen LogP contribution in [0.25, 0.3) is 0 Å². The molecule has 0 radical (unpaired) electrons. The van der Waals surface area contributed by atoms with Gasteiger partial charge in [-0.2, -0.15) is 0 Å². The van der Waals surface area contributed by atoms with Crippen molar-refractivity contribution < 1.29 is 0 Å². The molecule has 0 heterocycles. The van der Waals surface area contributed by atoms with E-state index in [4.69, 9.17) is 0 Å². The minimum atomic E-state index is 1.05. The topological polar surface area (TPSA) is 0 Å². The van der Waals surface area contributed by atoms with Crippen LogP contribution in [0, 0.1) is 0 Å². The van der Waals surface area contributed by atoms with Crippen LogP contribution >= 0.6 is 12.5 Å². The molecule has 0 aromatic heterocycles. The zero-order chi connectivity index (χ0) is 4.83. The van der Waals surface area contributed by atoms with E-state index in [1.807, 2.05) is 0 Å². The van der Waals surface area contributed by atoms with Gasteiger partial charge in [0.05, 0.1) is 0 Å². The Morgan fingerprint density at radius 2 is 2.33 bits per heavy atom. The third-order valence-electron chi connectivity index (χ3n) is 0.762. The summed E-state index contributed by atoms with van der Waals surface area (Å²) in [6.45, 7) is 1.05. The average Bonchev–Trinajstić information content (AvgIpc) is 1.61. The van der Waals surface area contributed by atoms with E-state index in [0.717, 1.165) is 6.56 Å². The second kappa shape index (κ2) is 5.48. The number of hydrogen-bond donors (Lipinski definition) is 1. The monoisotopic (exact) mass is 100 g/mol. The predicted octanol–water partition coefficient (Wildman–Crippen LogP) is 0.127. The Kier molecular flexibility index (Phi) is 5.92. The maximum atomic E-state index is 4.05. The maximum Gasteiger partial charge on any atom is 0.187 e. The third-order valence-corrected chi connectivity index (χ3v) is 1.08. The van der Waals surface area contributed by atoms with Crippen molar-refractivity contribution in [1.82, 2.24) is 0 Å². The zero-order valence-electron chi connectivity index (χ0n) is 4.28. The van der Waals surface area contributed by atoms with Gasteiger partial charge in [0.25, 0.3) is 0 Å². The first-order chi connectivity index (χ1) is 2.91. The first-order valence-electron chi connectivity index (χ1n) is 2.52. The third kappa shape index (κ3) is 4.48. The normalized spacial score (nSPS) is 8.17. The van der Waals surface area contributed by atoms with Crippen molar-refractivity contribution in [2.24, 2.45) is 0 Å². The zero-order valence-corrected chi connectivity index (χ0v) is 5.17. The molecule has 0 aromatic carbocycles. The van der Waals surface area contributed by atoms with Crippen LogP contribution in [-0.2, 0) is 0 Å². The van der Waals surface area contributed by atoms with E-state index >= 15 is 0 Å². The lowest BCUT2D eigenvalue weighted by molar-refractivity contribution is 1.08. The molecule has 0 aromatic rings. The minimum Gasteiger partial charge on any atom is -0.232 e. The number of rotatable bonds is 3. The Bertz CT molecular complexity index is 20.8. The molecule has 0 aliphatic carbocycles. The van der Waals surface area contributed by atoms with Crippen LogP contribution < -0.4 is 0 Å². The fourth-order valence-corrected chi connectivity index (χ4v) is 0.585. The highest BCUT2D eigenvalue weighted by molar-refractivity contribution is 8.06. The Morgan fingerprint density at radius 1 is 1.67 bits per heavy atom. The molecule has 0 rings (SSSR count). The lowest BCUT2D eigenvalue weighted by Crippen LogP contribution is -1.75. The highest BCUT2D eigenvalue weighted by Crippen LogP contribution is 1.91. The summed E-state index contributed by atoms with van der Waals surface area (Å²) in [5.74, 6) is 0. The molecule has 0 saturated heterocycles. The van der Waals surface area contributed by atoms with Crippen molar-refractivity contribution in [1.29, 1.82) is 0 Å². The second-order valence-electron chi connectivity index (χ2n) is 1.43. The summed E-state index contributed by atoms with van der Waals surface area (Å²) in [4.78, 5) is 0. The minimum absolute atomic E-state index is 1.05. The van der Waals surface area contributed by atoms with Gasteiger partial charge >= 0.3 is 0 Å². The number of thiol groups is 1. The van der Waals surface area contributed by atoms with Crippen molar-refractivity contribution in [3.8, 4) is 0 Å². The molecule has 0 saturated carbocycles. The van der Waals surface area contributed by atoms with Gasteiger partial charge in [-0.1, -0.05) is 19.1 Å². The Balaban J connectivity index is 2.34. The summed E-state index contributed by atoms with van der Waals surface area (Å²) in [6, 6.07) is 0. The lowest BCUT2D eigenvalue weighted by atomic mass is 9.91. The highest BCUT2D eigenvalue weighted by Gasteiger charge is 1.79. The van der Waals surface area contributed by atoms with Gasteiger partial charge in [0.2, 0.25) is 0 Å². The molecule has 3 heteroatoms. The van der Waals surface area contributed by atoms with Crippen molar-refractivity contribution in [3.63, 3.8) is 0 Å². The quantitative estimate of drug-likeness (QED) is 0.290. The van der Waals surface area contributed by atoms with Crippen molar-refractivity contribution >= 4 is 26.9 Å². The van der Waals surface area contributed by atoms with Crippen molar-refractivity contribution in [2.45, 2.75) is 19.1 Å². The Labute approximate surface area is 46.7 Å². The molecule has 0 N–H and O–H groups in total. The molecular formula is C3H10B2S. The van der Waals surface area contributed by atoms with E-state index in [9.17, 15) is 0 Å². The van der Waals surface area contributed by atoms with Gasteiger partial charge in [0.1, 0.15) is 7.85 Å². The molecule has 0 spiro atoms. The molecule has 0 bridgehead atoms. The molecule has 6 heavy (non-hydrogen) atoms. The largest absolute Gasteiger partial charge is 0.232 e. The van der Waals surface area contributed by atoms with Crippen LogP contribution in [0.1, 0.15) is 6.42 Å². The van der Waals surface area contributed by atoms with Crippen molar-refractivity contribution in [3.05, 3.63) is 0 Å². The van der Waals surface area contributed by atoms with Gasteiger partial charge in [0, 0.05) is 0 Å². The number of hydrogen-bond acceptors (Lipinski definition) is 1. The van der Waals surface area contributed by atoms with E-state index in [2.05, 4.69) is 20.3 Å². The second-order valence-corrected chi connectivity index (χ2v) is 1.88. The maximum absolute atomic E-state index is 4.05. The molecule has 0 unspecified atom stereocenters. The predicted molar refractivity (Wildman–Crippen MR) is 38.9 cm³/mol. The molecule has 0 aliphatic heterocycles. The molecule has 0 nitrogen and oxygen atoms in total. The first-order valence-corrected chi connectivity index (χ1v) is 3.16. The van der Waals surface area contributed by atoms with E-state index in [1.165, 1.54) is 19.1 Å². The fraction of sp³-hybridized carbons (Fsp3) is 1.00. The Morgan fingerprint density at radius 3 is 2.50 bits per heavy atom. The van der Waals surface area contributed by atoms with Gasteiger partial charge in [-0.25, -0.2) is 12.5 Å². The van der Waals surface area contributed by atoms with Gasteiger partial charge in [-0.3, -0.25) is 0 Å². The van der Waals surface area contributed by atoms with E-state index in [0.29, 0.717) is 0 Å². The summed E-state index contributed by atoms with van der Waals surface area (Å²) in [6.07, 6.45) is 3.92. The van der Waals surface area contributed by atoms with Crippen LogP contribution in [0.3, 0.4) is 0 Å². The molecule has 0 atom stereocenters. The van der Waals surface area contributed by atoms with Gasteiger partial charge < -0.3 is 0 Å². The molecule has 34 valence electrons. The molecule has 0 amide bonds. The van der Waals surface area contributed by atoms with Crippen molar-refractivity contribution in [2.75, 3.05) is 0 Å². The smallest absolute Gasteiger partial charge is 0.187 e. The summed E-state index contributed by atoms with van der Waals surface area (Å²) < 4.78 is 0. The van der Waals surface area contributed by atoms with Gasteiger partial charge in [0.15, 0.2) is 6.56 Å². The Hall–Kier alpha value is 0.480. The molecule has 0 fully saturated rings. The van der Waals surface area contributed by atoms with Gasteiger partial charge in [-0.15, -0.1) is 0 Å². The van der Waals surface area contributed by atoms with Crippen LogP contribution in [0.15, 0.2) is 0 Å². The van der Waals surface area contributed by atoms with E-state index in [1.54, 1.807) is 0 Å². The van der Waals surface area contributed by atoms with Crippen LogP contribution in [-0.4, -0.2) is 14.4 Å². The fourth-order valence-electron chi connectivity index (χ4n) is 0.362. The van der Waals surface area contributed by atoms with Crippen LogP contribution in [0.4, 0.5) is 0 Å². The van der Waals surface area contributed by atoms with E-state index in [-0.39, 0.29) is 0 Å². The average molecular weight is 99.8 g/mol. The SMILES string of the molecule is BCCCBS. The summed E-state index contributed by atoms with van der Waals surface area (Å²) in [5, 5.41) is 0. The summed E-state index contributed by atoms with van der Waals surface area (Å²) in [5.41, 5.74) is 0. The molecule has 0 aliphatic rings.